The Morgan fingerprint density at radius 3 is 2.57 bits per heavy atom. The van der Waals surface area contributed by atoms with Crippen LogP contribution in [0.1, 0.15) is 51.0 Å². The smallest absolute Gasteiger partial charge is 0.309 e. The first-order valence-electron chi connectivity index (χ1n) is 10.6. The minimum atomic E-state index is -0.0666. The first kappa shape index (κ1) is 20.5. The van der Waals surface area contributed by atoms with Crippen molar-refractivity contribution in [3.8, 4) is 5.75 Å². The van der Waals surface area contributed by atoms with Gasteiger partial charge in [0.1, 0.15) is 5.75 Å². The molecule has 154 valence electrons. The van der Waals surface area contributed by atoms with Gasteiger partial charge in [-0.25, -0.2) is 0 Å². The van der Waals surface area contributed by atoms with Crippen LogP contribution in [0.5, 0.6) is 5.75 Å². The second-order valence-corrected chi connectivity index (χ2v) is 7.55. The van der Waals surface area contributed by atoms with Crippen molar-refractivity contribution in [3.05, 3.63) is 29.8 Å². The Kier molecular flexibility index (Phi) is 7.57. The number of para-hydroxylation sites is 1. The largest absolute Gasteiger partial charge is 0.490 e. The summed E-state index contributed by atoms with van der Waals surface area (Å²) in [5.41, 5.74) is 1.15. The Morgan fingerprint density at radius 2 is 1.89 bits per heavy atom. The van der Waals surface area contributed by atoms with Crippen LogP contribution < -0.4 is 10.1 Å². The van der Waals surface area contributed by atoms with Crippen molar-refractivity contribution in [2.45, 2.75) is 58.1 Å². The number of benzene rings is 1. The second kappa shape index (κ2) is 10.3. The summed E-state index contributed by atoms with van der Waals surface area (Å²) in [6.45, 7) is 4.60. The number of piperidine rings is 1. The van der Waals surface area contributed by atoms with Crippen LogP contribution in [0.3, 0.4) is 0 Å². The van der Waals surface area contributed by atoms with E-state index in [1.165, 1.54) is 12.8 Å². The van der Waals surface area contributed by atoms with E-state index < -0.39 is 0 Å². The minimum absolute atomic E-state index is 0.00911. The van der Waals surface area contributed by atoms with E-state index in [1.807, 2.05) is 19.1 Å². The lowest BCUT2D eigenvalue weighted by molar-refractivity contribution is -0.149. The maximum atomic E-state index is 11.9. The minimum Gasteiger partial charge on any atom is -0.490 e. The fraction of sp³-hybridized carbons (Fsp3) is 0.636. The number of carbonyl (C=O) groups is 1. The highest BCUT2D eigenvalue weighted by molar-refractivity contribution is 5.80. The quantitative estimate of drug-likeness (QED) is 0.461. The molecule has 1 aromatic carbocycles. The number of guanidine groups is 1. The summed E-state index contributed by atoms with van der Waals surface area (Å²) in [6.07, 6.45) is 6.79. The molecule has 0 spiro atoms. The molecule has 2 fully saturated rings. The van der Waals surface area contributed by atoms with Gasteiger partial charge in [0.25, 0.3) is 0 Å². The monoisotopic (exact) mass is 387 g/mol. The lowest BCUT2D eigenvalue weighted by Crippen LogP contribution is -2.46. The fourth-order valence-corrected chi connectivity index (χ4v) is 4.04. The standard InChI is InChI=1S/C22H33N3O3/c1-3-27-21(26)17-12-14-25(15-13-17)22(23-2)24-16-18-8-4-7-11-20(18)28-19-9-5-6-10-19/h4,7-8,11,17,19H,3,5-6,9-10,12-16H2,1-2H3,(H,23,24). The first-order chi connectivity index (χ1) is 13.7. The molecule has 0 atom stereocenters. The zero-order valence-corrected chi connectivity index (χ0v) is 17.2. The van der Waals surface area contributed by atoms with Crippen molar-refractivity contribution in [2.24, 2.45) is 10.9 Å². The van der Waals surface area contributed by atoms with Gasteiger partial charge in [0, 0.05) is 32.2 Å². The first-order valence-corrected chi connectivity index (χ1v) is 10.6. The van der Waals surface area contributed by atoms with Crippen molar-refractivity contribution in [3.63, 3.8) is 0 Å². The predicted octanol–water partition coefficient (Wildman–Crippen LogP) is 3.36. The number of rotatable bonds is 6. The highest BCUT2D eigenvalue weighted by atomic mass is 16.5. The molecule has 0 aromatic heterocycles. The molecule has 0 amide bonds. The second-order valence-electron chi connectivity index (χ2n) is 7.55. The Balaban J connectivity index is 1.53. The predicted molar refractivity (Wildman–Crippen MR) is 110 cm³/mol. The summed E-state index contributed by atoms with van der Waals surface area (Å²) in [7, 11) is 1.81. The van der Waals surface area contributed by atoms with E-state index in [9.17, 15) is 4.79 Å². The van der Waals surface area contributed by atoms with Gasteiger partial charge in [0.2, 0.25) is 0 Å². The topological polar surface area (TPSA) is 63.2 Å². The Hall–Kier alpha value is -2.24. The Bertz CT molecular complexity index is 663. The van der Waals surface area contributed by atoms with Crippen LogP contribution in [0.15, 0.2) is 29.3 Å². The number of likely N-dealkylation sites (tertiary alicyclic amines) is 1. The van der Waals surface area contributed by atoms with Crippen molar-refractivity contribution in [2.75, 3.05) is 26.7 Å². The van der Waals surface area contributed by atoms with E-state index in [2.05, 4.69) is 27.3 Å². The van der Waals surface area contributed by atoms with Gasteiger partial charge < -0.3 is 19.7 Å². The molecular formula is C22H33N3O3. The van der Waals surface area contributed by atoms with Crippen LogP contribution in [0.4, 0.5) is 0 Å². The summed E-state index contributed by atoms with van der Waals surface area (Å²) >= 11 is 0. The lowest BCUT2D eigenvalue weighted by atomic mass is 9.97. The number of ether oxygens (including phenoxy) is 2. The van der Waals surface area contributed by atoms with Gasteiger partial charge in [-0.05, 0) is 51.5 Å². The molecule has 1 aliphatic carbocycles. The van der Waals surface area contributed by atoms with Crippen LogP contribution >= 0.6 is 0 Å². The zero-order chi connectivity index (χ0) is 19.8. The highest BCUT2D eigenvalue weighted by Crippen LogP contribution is 2.26. The van der Waals surface area contributed by atoms with Crippen LogP contribution in [-0.2, 0) is 16.1 Å². The van der Waals surface area contributed by atoms with E-state index in [1.54, 1.807) is 7.05 Å². The molecule has 28 heavy (non-hydrogen) atoms. The molecule has 0 unspecified atom stereocenters. The Labute approximate surface area is 168 Å². The Morgan fingerprint density at radius 1 is 1.18 bits per heavy atom. The number of nitrogens with one attached hydrogen (secondary N) is 1. The molecular weight excluding hydrogens is 354 g/mol. The van der Waals surface area contributed by atoms with E-state index >= 15 is 0 Å². The average Bonchev–Trinajstić information content (AvgIpc) is 3.23. The van der Waals surface area contributed by atoms with Crippen LogP contribution in [0.25, 0.3) is 0 Å². The zero-order valence-electron chi connectivity index (χ0n) is 17.2. The van der Waals surface area contributed by atoms with Crippen LogP contribution in [0.2, 0.25) is 0 Å². The fourth-order valence-electron chi connectivity index (χ4n) is 4.04. The highest BCUT2D eigenvalue weighted by Gasteiger charge is 2.27. The van der Waals surface area contributed by atoms with E-state index in [0.29, 0.717) is 19.3 Å². The molecule has 2 aliphatic rings. The van der Waals surface area contributed by atoms with Gasteiger partial charge in [-0.2, -0.15) is 0 Å². The molecule has 0 radical (unpaired) electrons. The van der Waals surface area contributed by atoms with Crippen LogP contribution in [0, 0.1) is 5.92 Å². The summed E-state index contributed by atoms with van der Waals surface area (Å²) in [5, 5.41) is 3.47. The van der Waals surface area contributed by atoms with Gasteiger partial charge in [0.15, 0.2) is 5.96 Å². The average molecular weight is 388 g/mol. The van der Waals surface area contributed by atoms with Crippen molar-refractivity contribution in [1.29, 1.82) is 0 Å². The third-order valence-corrected chi connectivity index (χ3v) is 5.63. The van der Waals surface area contributed by atoms with Gasteiger partial charge in [0.05, 0.1) is 18.6 Å². The van der Waals surface area contributed by atoms with Crippen molar-refractivity contribution < 1.29 is 14.3 Å². The summed E-state index contributed by atoms with van der Waals surface area (Å²) in [4.78, 5) is 18.6. The number of esters is 1. The van der Waals surface area contributed by atoms with Gasteiger partial charge in [-0.15, -0.1) is 0 Å². The van der Waals surface area contributed by atoms with Gasteiger partial charge in [-0.3, -0.25) is 9.79 Å². The van der Waals surface area contributed by atoms with E-state index in [4.69, 9.17) is 9.47 Å². The van der Waals surface area contributed by atoms with Gasteiger partial charge >= 0.3 is 5.97 Å². The molecule has 1 N–H and O–H groups in total. The number of hydrogen-bond acceptors (Lipinski definition) is 4. The number of nitrogens with zero attached hydrogens (tertiary/aromatic N) is 2. The summed E-state index contributed by atoms with van der Waals surface area (Å²) in [6, 6.07) is 8.25. The third-order valence-electron chi connectivity index (χ3n) is 5.63. The third kappa shape index (κ3) is 5.40. The SMILES string of the molecule is CCOC(=O)C1CCN(C(=NC)NCc2ccccc2OC2CCCC2)CC1. The molecule has 1 heterocycles. The number of aliphatic imine (C=N–C) groups is 1. The van der Waals surface area contributed by atoms with Crippen molar-refractivity contribution in [1.82, 2.24) is 10.2 Å². The van der Waals surface area contributed by atoms with E-state index in [-0.39, 0.29) is 11.9 Å². The van der Waals surface area contributed by atoms with Crippen LogP contribution in [-0.4, -0.2) is 49.7 Å². The molecule has 6 nitrogen and oxygen atoms in total. The van der Waals surface area contributed by atoms with Gasteiger partial charge in [-0.1, -0.05) is 18.2 Å². The lowest BCUT2D eigenvalue weighted by Gasteiger charge is -2.33. The molecule has 0 bridgehead atoms. The maximum absolute atomic E-state index is 11.9. The number of hydrogen-bond donors (Lipinski definition) is 1. The van der Waals surface area contributed by atoms with E-state index in [0.717, 1.165) is 56.0 Å². The van der Waals surface area contributed by atoms with Crippen molar-refractivity contribution >= 4 is 11.9 Å². The molecule has 1 saturated heterocycles. The molecule has 6 heteroatoms. The maximum Gasteiger partial charge on any atom is 0.309 e. The number of carbonyl (C=O) groups excluding carboxylic acids is 1. The molecule has 1 saturated carbocycles. The molecule has 3 rings (SSSR count). The normalized spacial score (nSPS) is 18.9. The molecule has 1 aromatic rings. The summed E-state index contributed by atoms with van der Waals surface area (Å²) in [5.74, 6) is 1.79. The molecule has 1 aliphatic heterocycles. The summed E-state index contributed by atoms with van der Waals surface area (Å²) < 4.78 is 11.4.